The van der Waals surface area contributed by atoms with E-state index in [1.807, 2.05) is 48.5 Å². The molecule has 26 heavy (non-hydrogen) atoms. The fraction of sp³-hybridized carbons (Fsp3) is 0.167. The lowest BCUT2D eigenvalue weighted by molar-refractivity contribution is 0.180. The van der Waals surface area contributed by atoms with Gasteiger partial charge in [0, 0.05) is 25.3 Å². The van der Waals surface area contributed by atoms with Crippen molar-refractivity contribution in [2.75, 3.05) is 14.2 Å². The first-order chi connectivity index (χ1) is 12.8. The fourth-order valence-corrected chi connectivity index (χ4v) is 2.94. The maximum atomic E-state index is 5.44. The quantitative estimate of drug-likeness (QED) is 0.604. The predicted octanol–water partition coefficient (Wildman–Crippen LogP) is 5.05. The van der Waals surface area contributed by atoms with Crippen molar-refractivity contribution >= 4 is 0 Å². The summed E-state index contributed by atoms with van der Waals surface area (Å²) in [5, 5.41) is 0. The zero-order valence-corrected chi connectivity index (χ0v) is 15.2. The molecule has 2 heteroatoms. The second-order valence-corrected chi connectivity index (χ2v) is 6.03. The van der Waals surface area contributed by atoms with Gasteiger partial charge in [-0.3, -0.25) is 0 Å². The van der Waals surface area contributed by atoms with E-state index in [0.29, 0.717) is 13.2 Å². The van der Waals surface area contributed by atoms with Gasteiger partial charge in [0.05, 0.1) is 13.2 Å². The molecule has 2 nitrogen and oxygen atoms in total. The maximum Gasteiger partial charge on any atom is 0.0725 e. The molecule has 0 unspecified atom stereocenters. The molecule has 0 radical (unpaired) electrons. The molecule has 0 heterocycles. The Bertz CT molecular complexity index is 903. The first kappa shape index (κ1) is 17.9. The Labute approximate surface area is 155 Å². The van der Waals surface area contributed by atoms with Gasteiger partial charge in [0.1, 0.15) is 0 Å². The Morgan fingerprint density at radius 2 is 1.38 bits per heavy atom. The molecule has 3 aromatic rings. The van der Waals surface area contributed by atoms with Crippen LogP contribution in [0.1, 0.15) is 22.3 Å². The van der Waals surface area contributed by atoms with Gasteiger partial charge in [0.15, 0.2) is 0 Å². The summed E-state index contributed by atoms with van der Waals surface area (Å²) in [5.41, 5.74) is 6.43. The molecule has 0 fully saturated rings. The average molecular weight is 342 g/mol. The second-order valence-electron chi connectivity index (χ2n) is 6.03. The van der Waals surface area contributed by atoms with Gasteiger partial charge in [-0.2, -0.15) is 0 Å². The molecule has 3 rings (SSSR count). The Morgan fingerprint density at radius 3 is 2.04 bits per heavy atom. The van der Waals surface area contributed by atoms with Crippen molar-refractivity contribution in [3.05, 3.63) is 95.1 Å². The molecule has 0 saturated heterocycles. The van der Waals surface area contributed by atoms with Crippen molar-refractivity contribution in [1.29, 1.82) is 0 Å². The van der Waals surface area contributed by atoms with E-state index in [0.717, 1.165) is 33.4 Å². The van der Waals surface area contributed by atoms with E-state index in [2.05, 4.69) is 36.1 Å². The van der Waals surface area contributed by atoms with Crippen LogP contribution in [0.4, 0.5) is 0 Å². The normalized spacial score (nSPS) is 10.2. The van der Waals surface area contributed by atoms with Crippen molar-refractivity contribution in [2.45, 2.75) is 13.2 Å². The zero-order valence-electron chi connectivity index (χ0n) is 15.2. The van der Waals surface area contributed by atoms with Crippen molar-refractivity contribution in [3.8, 4) is 23.0 Å². The highest BCUT2D eigenvalue weighted by Gasteiger charge is 2.11. The molecule has 0 bridgehead atoms. The predicted molar refractivity (Wildman–Crippen MR) is 106 cm³/mol. The molecule has 130 valence electrons. The number of ether oxygens (including phenoxy) is 2. The Kier molecular flexibility index (Phi) is 6.22. The Balaban J connectivity index is 2.17. The second kappa shape index (κ2) is 9.01. The summed E-state index contributed by atoms with van der Waals surface area (Å²) < 4.78 is 10.8. The van der Waals surface area contributed by atoms with Gasteiger partial charge in [-0.05, 0) is 46.5 Å². The summed E-state index contributed by atoms with van der Waals surface area (Å²) in [6, 6.07) is 24.6. The summed E-state index contributed by atoms with van der Waals surface area (Å²) in [6.07, 6.45) is 0. The van der Waals surface area contributed by atoms with Gasteiger partial charge in [-0.15, -0.1) is 0 Å². The molecule has 0 N–H and O–H groups in total. The lowest BCUT2D eigenvalue weighted by Gasteiger charge is -2.14. The molecule has 0 amide bonds. The summed E-state index contributed by atoms with van der Waals surface area (Å²) in [5.74, 6) is 6.66. The molecule has 3 aromatic carbocycles. The van der Waals surface area contributed by atoms with Crippen molar-refractivity contribution in [1.82, 2.24) is 0 Å². The van der Waals surface area contributed by atoms with Crippen LogP contribution in [0.25, 0.3) is 11.1 Å². The molecule has 0 aliphatic heterocycles. The minimum absolute atomic E-state index is 0.510. The van der Waals surface area contributed by atoms with Gasteiger partial charge >= 0.3 is 0 Å². The van der Waals surface area contributed by atoms with Crippen LogP contribution < -0.4 is 0 Å². The number of hydrogen-bond acceptors (Lipinski definition) is 2. The smallest absolute Gasteiger partial charge is 0.0725 e. The highest BCUT2D eigenvalue weighted by molar-refractivity contribution is 5.74. The van der Waals surface area contributed by atoms with Gasteiger partial charge < -0.3 is 9.47 Å². The topological polar surface area (TPSA) is 18.5 Å². The van der Waals surface area contributed by atoms with E-state index in [1.165, 1.54) is 0 Å². The zero-order chi connectivity index (χ0) is 18.2. The van der Waals surface area contributed by atoms with Gasteiger partial charge in [0.2, 0.25) is 0 Å². The molecule has 0 aromatic heterocycles. The van der Waals surface area contributed by atoms with Crippen LogP contribution in [0.3, 0.4) is 0 Å². The lowest BCUT2D eigenvalue weighted by Crippen LogP contribution is -2.00. The molecule has 0 spiro atoms. The van der Waals surface area contributed by atoms with E-state index >= 15 is 0 Å². The van der Waals surface area contributed by atoms with Crippen LogP contribution in [0.15, 0.2) is 72.8 Å². The van der Waals surface area contributed by atoms with Crippen LogP contribution >= 0.6 is 0 Å². The monoisotopic (exact) mass is 342 g/mol. The van der Waals surface area contributed by atoms with Crippen LogP contribution in [0, 0.1) is 11.8 Å². The Hall–Kier alpha value is -2.86. The average Bonchev–Trinajstić information content (AvgIpc) is 2.69. The van der Waals surface area contributed by atoms with Crippen LogP contribution in [0.5, 0.6) is 0 Å². The minimum Gasteiger partial charge on any atom is -0.380 e. The van der Waals surface area contributed by atoms with Crippen molar-refractivity contribution in [3.63, 3.8) is 0 Å². The van der Waals surface area contributed by atoms with Crippen LogP contribution in [-0.4, -0.2) is 14.2 Å². The standard InChI is InChI=1S/C24H22O2/c1-25-17-20-15-22(18-26-2)23(14-13-19-9-5-3-6-10-19)24(16-20)21-11-7-4-8-12-21/h3-12,15-16H,17-18H2,1-2H3. The molecule has 0 aliphatic rings. The maximum absolute atomic E-state index is 5.44. The van der Waals surface area contributed by atoms with E-state index in [1.54, 1.807) is 14.2 Å². The van der Waals surface area contributed by atoms with E-state index in [-0.39, 0.29) is 0 Å². The molecule has 0 aliphatic carbocycles. The van der Waals surface area contributed by atoms with E-state index in [9.17, 15) is 0 Å². The third kappa shape index (κ3) is 4.40. The lowest BCUT2D eigenvalue weighted by atomic mass is 9.93. The third-order valence-corrected chi connectivity index (χ3v) is 4.08. The summed E-state index contributed by atoms with van der Waals surface area (Å²) in [6.45, 7) is 1.07. The van der Waals surface area contributed by atoms with Gasteiger partial charge in [-0.25, -0.2) is 0 Å². The van der Waals surface area contributed by atoms with E-state index in [4.69, 9.17) is 9.47 Å². The SMILES string of the molecule is COCc1cc(COC)c(C#Cc2ccccc2)c(-c2ccccc2)c1. The fourth-order valence-electron chi connectivity index (χ4n) is 2.94. The summed E-state index contributed by atoms with van der Waals surface area (Å²) >= 11 is 0. The molecular formula is C24H22O2. The minimum atomic E-state index is 0.510. The molecule has 0 saturated carbocycles. The largest absolute Gasteiger partial charge is 0.380 e. The number of rotatable bonds is 5. The first-order valence-corrected chi connectivity index (χ1v) is 8.58. The Morgan fingerprint density at radius 1 is 0.731 bits per heavy atom. The van der Waals surface area contributed by atoms with Crippen LogP contribution in [-0.2, 0) is 22.7 Å². The van der Waals surface area contributed by atoms with E-state index < -0.39 is 0 Å². The highest BCUT2D eigenvalue weighted by Crippen LogP contribution is 2.28. The third-order valence-electron chi connectivity index (χ3n) is 4.08. The summed E-state index contributed by atoms with van der Waals surface area (Å²) in [4.78, 5) is 0. The van der Waals surface area contributed by atoms with Crippen molar-refractivity contribution in [2.24, 2.45) is 0 Å². The van der Waals surface area contributed by atoms with Crippen LogP contribution in [0.2, 0.25) is 0 Å². The summed E-state index contributed by atoms with van der Waals surface area (Å²) in [7, 11) is 3.42. The number of hydrogen-bond donors (Lipinski definition) is 0. The van der Waals surface area contributed by atoms with Gasteiger partial charge in [0.25, 0.3) is 0 Å². The first-order valence-electron chi connectivity index (χ1n) is 8.58. The molecular weight excluding hydrogens is 320 g/mol. The van der Waals surface area contributed by atoms with Crippen molar-refractivity contribution < 1.29 is 9.47 Å². The number of benzene rings is 3. The molecule has 0 atom stereocenters. The highest BCUT2D eigenvalue weighted by atomic mass is 16.5. The van der Waals surface area contributed by atoms with Gasteiger partial charge in [-0.1, -0.05) is 60.4 Å². The number of methoxy groups -OCH3 is 2.